The summed E-state index contributed by atoms with van der Waals surface area (Å²) in [5.74, 6) is 4.44. The Morgan fingerprint density at radius 2 is 2.20 bits per heavy atom. The molecule has 5 nitrogen and oxygen atoms in total. The Morgan fingerprint density at radius 1 is 1.47 bits per heavy atom. The smallest absolute Gasteiger partial charge is 0.384 e. The maximum atomic E-state index is 10.7. The van der Waals surface area contributed by atoms with Gasteiger partial charge in [0.2, 0.25) is 5.88 Å². The van der Waals surface area contributed by atoms with E-state index in [4.69, 9.17) is 10.5 Å². The molecule has 0 aliphatic heterocycles. The van der Waals surface area contributed by atoms with E-state index in [0.29, 0.717) is 11.4 Å². The van der Waals surface area contributed by atoms with E-state index in [-0.39, 0.29) is 5.88 Å². The topological polar surface area (TPSA) is 74.4 Å². The van der Waals surface area contributed by atoms with Crippen LogP contribution < -0.4 is 10.5 Å². The Hall–Kier alpha value is -2.22. The number of hydrogen-bond donors (Lipinski definition) is 1. The number of rotatable bonds is 1. The molecule has 0 fully saturated rings. The van der Waals surface area contributed by atoms with Crippen molar-refractivity contribution < 1.29 is 14.3 Å². The lowest BCUT2D eigenvalue weighted by Crippen LogP contribution is -1.98. The van der Waals surface area contributed by atoms with Gasteiger partial charge >= 0.3 is 5.97 Å². The van der Waals surface area contributed by atoms with Crippen LogP contribution in [-0.4, -0.2) is 25.2 Å². The lowest BCUT2D eigenvalue weighted by atomic mass is 10.3. The first-order chi connectivity index (χ1) is 7.17. The zero-order valence-electron chi connectivity index (χ0n) is 8.40. The number of aromatic nitrogens is 1. The largest absolute Gasteiger partial charge is 0.479 e. The molecule has 1 rings (SSSR count). The third-order valence-corrected chi connectivity index (χ3v) is 1.56. The lowest BCUT2D eigenvalue weighted by Gasteiger charge is -2.01. The summed E-state index contributed by atoms with van der Waals surface area (Å²) in [4.78, 5) is 14.7. The minimum atomic E-state index is -0.618. The Labute approximate surface area is 87.2 Å². The zero-order valence-corrected chi connectivity index (χ0v) is 8.40. The van der Waals surface area contributed by atoms with Crippen molar-refractivity contribution >= 4 is 11.7 Å². The summed E-state index contributed by atoms with van der Waals surface area (Å²) >= 11 is 0. The van der Waals surface area contributed by atoms with Gasteiger partial charge in [0.1, 0.15) is 5.69 Å². The van der Waals surface area contributed by atoms with E-state index < -0.39 is 5.97 Å². The number of methoxy groups -OCH3 is 2. The number of nitrogen functional groups attached to an aromatic ring is 1. The van der Waals surface area contributed by atoms with Crippen molar-refractivity contribution in [2.45, 2.75) is 0 Å². The summed E-state index contributed by atoms with van der Waals surface area (Å²) in [7, 11) is 2.71. The average molecular weight is 206 g/mol. The van der Waals surface area contributed by atoms with Gasteiger partial charge in [0.25, 0.3) is 0 Å². The number of hydrogen-bond acceptors (Lipinski definition) is 5. The molecule has 0 unspecified atom stereocenters. The lowest BCUT2D eigenvalue weighted by molar-refractivity contribution is -0.133. The Morgan fingerprint density at radius 3 is 2.80 bits per heavy atom. The van der Waals surface area contributed by atoms with E-state index in [9.17, 15) is 4.79 Å². The van der Waals surface area contributed by atoms with Crippen LogP contribution in [-0.2, 0) is 9.53 Å². The van der Waals surface area contributed by atoms with Gasteiger partial charge in [-0.25, -0.2) is 9.78 Å². The fraction of sp³-hybridized carbons (Fsp3) is 0.200. The molecule has 1 heterocycles. The molecule has 78 valence electrons. The summed E-state index contributed by atoms with van der Waals surface area (Å²) in [5.41, 5.74) is 6.37. The number of anilines is 1. The van der Waals surface area contributed by atoms with Crippen molar-refractivity contribution in [2.24, 2.45) is 0 Å². The van der Waals surface area contributed by atoms with E-state index in [1.807, 2.05) is 0 Å². The van der Waals surface area contributed by atoms with Crippen LogP contribution in [0, 0.1) is 11.8 Å². The van der Waals surface area contributed by atoms with Gasteiger partial charge in [-0.15, -0.1) is 0 Å². The second-order valence-corrected chi connectivity index (χ2v) is 2.54. The van der Waals surface area contributed by atoms with Crippen LogP contribution >= 0.6 is 0 Å². The minimum absolute atomic E-state index is 0.284. The van der Waals surface area contributed by atoms with E-state index in [1.54, 1.807) is 12.1 Å². The highest BCUT2D eigenvalue weighted by Gasteiger charge is 2.00. The molecular formula is C10H10N2O3. The molecule has 0 amide bonds. The van der Waals surface area contributed by atoms with Crippen molar-refractivity contribution in [1.29, 1.82) is 0 Å². The molecule has 0 bridgehead atoms. The van der Waals surface area contributed by atoms with E-state index in [2.05, 4.69) is 21.6 Å². The van der Waals surface area contributed by atoms with Crippen molar-refractivity contribution in [3.8, 4) is 17.7 Å². The monoisotopic (exact) mass is 206 g/mol. The molecule has 0 atom stereocenters. The van der Waals surface area contributed by atoms with Crippen LogP contribution in [0.25, 0.3) is 0 Å². The standard InChI is InChI=1S/C10H10N2O3/c1-14-9(13)6-4-7-3-5-8(11)10(12-7)15-2/h3,5H,11H2,1-2H3. The van der Waals surface area contributed by atoms with Gasteiger partial charge in [-0.2, -0.15) is 0 Å². The Kier molecular flexibility index (Phi) is 3.52. The zero-order chi connectivity index (χ0) is 11.3. The summed E-state index contributed by atoms with van der Waals surface area (Å²) in [5, 5.41) is 0. The van der Waals surface area contributed by atoms with Gasteiger partial charge in [-0.1, -0.05) is 0 Å². The maximum absolute atomic E-state index is 10.7. The number of carbonyl (C=O) groups is 1. The molecule has 2 N–H and O–H groups in total. The first-order valence-electron chi connectivity index (χ1n) is 4.08. The molecule has 0 radical (unpaired) electrons. The van der Waals surface area contributed by atoms with Crippen LogP contribution in [0.1, 0.15) is 5.69 Å². The quantitative estimate of drug-likeness (QED) is 0.524. The van der Waals surface area contributed by atoms with Gasteiger partial charge in [-0.3, -0.25) is 0 Å². The van der Waals surface area contributed by atoms with Crippen LogP contribution in [0.5, 0.6) is 5.88 Å². The average Bonchev–Trinajstić information content (AvgIpc) is 2.27. The second-order valence-electron chi connectivity index (χ2n) is 2.54. The van der Waals surface area contributed by atoms with Gasteiger partial charge in [-0.05, 0) is 18.1 Å². The molecule has 0 aliphatic carbocycles. The highest BCUT2D eigenvalue weighted by atomic mass is 16.5. The SMILES string of the molecule is COC(=O)C#Cc1ccc(N)c(OC)n1. The van der Waals surface area contributed by atoms with E-state index in [0.717, 1.165) is 0 Å². The molecule has 0 saturated carbocycles. The van der Waals surface area contributed by atoms with E-state index in [1.165, 1.54) is 14.2 Å². The second kappa shape index (κ2) is 4.86. The van der Waals surface area contributed by atoms with Crippen molar-refractivity contribution in [1.82, 2.24) is 4.98 Å². The summed E-state index contributed by atoms with van der Waals surface area (Å²) < 4.78 is 9.25. The molecule has 1 aromatic heterocycles. The Bertz CT molecular complexity index is 432. The predicted octanol–water partition coefficient (Wildman–Crippen LogP) is 0.197. The van der Waals surface area contributed by atoms with Gasteiger partial charge in [0, 0.05) is 5.92 Å². The van der Waals surface area contributed by atoms with Gasteiger partial charge < -0.3 is 15.2 Å². The molecule has 1 aromatic rings. The maximum Gasteiger partial charge on any atom is 0.384 e. The first-order valence-corrected chi connectivity index (χ1v) is 4.08. The predicted molar refractivity (Wildman–Crippen MR) is 54.1 cm³/mol. The van der Waals surface area contributed by atoms with Crippen molar-refractivity contribution in [2.75, 3.05) is 20.0 Å². The first kappa shape index (κ1) is 10.9. The number of esters is 1. The van der Waals surface area contributed by atoms with Gasteiger partial charge in [0.15, 0.2) is 0 Å². The van der Waals surface area contributed by atoms with Crippen molar-refractivity contribution in [3.63, 3.8) is 0 Å². The molecule has 0 spiro atoms. The number of carbonyl (C=O) groups excluding carboxylic acids is 1. The normalized spacial score (nSPS) is 8.67. The minimum Gasteiger partial charge on any atom is -0.479 e. The third kappa shape index (κ3) is 2.88. The fourth-order valence-electron chi connectivity index (χ4n) is 0.850. The highest BCUT2D eigenvalue weighted by Crippen LogP contribution is 2.16. The molecule has 5 heteroatoms. The summed E-state index contributed by atoms with van der Waals surface area (Å²) in [6, 6.07) is 3.20. The van der Waals surface area contributed by atoms with Crippen LogP contribution in [0.2, 0.25) is 0 Å². The molecule has 0 saturated heterocycles. The van der Waals surface area contributed by atoms with Crippen LogP contribution in [0.3, 0.4) is 0 Å². The molecular weight excluding hydrogens is 196 g/mol. The molecule has 0 aromatic carbocycles. The number of nitrogens with zero attached hydrogens (tertiary/aromatic N) is 1. The number of ether oxygens (including phenoxy) is 2. The number of nitrogens with two attached hydrogens (primary N) is 1. The highest BCUT2D eigenvalue weighted by molar-refractivity contribution is 5.88. The van der Waals surface area contributed by atoms with Crippen LogP contribution in [0.15, 0.2) is 12.1 Å². The summed E-state index contributed by atoms with van der Waals surface area (Å²) in [6.07, 6.45) is 0. The Balaban J connectivity index is 2.95. The van der Waals surface area contributed by atoms with Gasteiger partial charge in [0.05, 0.1) is 19.9 Å². The number of pyridine rings is 1. The van der Waals surface area contributed by atoms with Crippen molar-refractivity contribution in [3.05, 3.63) is 17.8 Å². The van der Waals surface area contributed by atoms with Crippen LogP contribution in [0.4, 0.5) is 5.69 Å². The molecule has 0 aliphatic rings. The summed E-state index contributed by atoms with van der Waals surface area (Å²) in [6.45, 7) is 0. The van der Waals surface area contributed by atoms with E-state index >= 15 is 0 Å². The molecule has 15 heavy (non-hydrogen) atoms. The third-order valence-electron chi connectivity index (χ3n) is 1.56. The fourth-order valence-corrected chi connectivity index (χ4v) is 0.850.